The minimum absolute atomic E-state index is 0.0332. The first kappa shape index (κ1) is 14.2. The van der Waals surface area contributed by atoms with Crippen LogP contribution in [0.15, 0.2) is 18.2 Å². The highest BCUT2D eigenvalue weighted by Crippen LogP contribution is 2.27. The minimum atomic E-state index is -1.72. The second-order valence-corrected chi connectivity index (χ2v) is 4.37. The first-order valence-electron chi connectivity index (χ1n) is 4.73. The van der Waals surface area contributed by atoms with Crippen molar-refractivity contribution in [1.82, 2.24) is 0 Å². The zero-order valence-electron chi connectivity index (χ0n) is 8.69. The number of Topliss-reactive ketones (excluding diaryl/α,β-unsaturated/α-hetero) is 1. The summed E-state index contributed by atoms with van der Waals surface area (Å²) in [6.07, 6.45) is -1.69. The van der Waals surface area contributed by atoms with E-state index in [9.17, 15) is 14.7 Å². The molecule has 0 amide bonds. The van der Waals surface area contributed by atoms with Gasteiger partial charge < -0.3 is 10.2 Å². The van der Waals surface area contributed by atoms with Crippen molar-refractivity contribution in [3.8, 4) is 0 Å². The molecule has 0 spiro atoms. The lowest BCUT2D eigenvalue weighted by Crippen LogP contribution is -2.15. The maximum absolute atomic E-state index is 11.3. The van der Waals surface area contributed by atoms with Gasteiger partial charge in [-0.3, -0.25) is 4.79 Å². The van der Waals surface area contributed by atoms with E-state index in [-0.39, 0.29) is 28.1 Å². The highest BCUT2D eigenvalue weighted by molar-refractivity contribution is 9.09. The number of alkyl halides is 1. The zero-order chi connectivity index (χ0) is 13.0. The van der Waals surface area contributed by atoms with E-state index in [1.165, 1.54) is 6.07 Å². The van der Waals surface area contributed by atoms with Crippen LogP contribution in [0.3, 0.4) is 0 Å². The fraction of sp³-hybridized carbons (Fsp3) is 0.273. The number of carbonyl (C=O) groups excluding carboxylic acids is 1. The molecule has 1 aromatic carbocycles. The van der Waals surface area contributed by atoms with Gasteiger partial charge in [-0.05, 0) is 11.6 Å². The summed E-state index contributed by atoms with van der Waals surface area (Å²) in [4.78, 5) is 22.1. The number of aliphatic hydroxyl groups excluding tert-OH is 1. The molecule has 0 saturated carbocycles. The van der Waals surface area contributed by atoms with Crippen LogP contribution < -0.4 is 0 Å². The third-order valence-corrected chi connectivity index (χ3v) is 3.14. The molecule has 92 valence electrons. The minimum Gasteiger partial charge on any atom is -0.479 e. The van der Waals surface area contributed by atoms with Gasteiger partial charge in [0.05, 0.1) is 5.33 Å². The Bertz CT molecular complexity index is 447. The molecule has 6 heteroatoms. The second kappa shape index (κ2) is 6.14. The second-order valence-electron chi connectivity index (χ2n) is 3.40. The average molecular weight is 322 g/mol. The number of rotatable bonds is 5. The molecule has 0 aromatic heterocycles. The molecule has 0 aliphatic rings. The van der Waals surface area contributed by atoms with E-state index in [1.54, 1.807) is 12.1 Å². The van der Waals surface area contributed by atoms with Gasteiger partial charge in [0.1, 0.15) is 5.78 Å². The maximum Gasteiger partial charge on any atom is 0.337 e. The van der Waals surface area contributed by atoms with Gasteiger partial charge in [-0.2, -0.15) is 0 Å². The van der Waals surface area contributed by atoms with Crippen molar-refractivity contribution in [2.45, 2.75) is 12.5 Å². The lowest BCUT2D eigenvalue weighted by Gasteiger charge is -2.13. The molecule has 0 bridgehead atoms. The first-order valence-corrected chi connectivity index (χ1v) is 6.23. The van der Waals surface area contributed by atoms with Gasteiger partial charge in [0.25, 0.3) is 0 Å². The van der Waals surface area contributed by atoms with Gasteiger partial charge in [0, 0.05) is 17.0 Å². The van der Waals surface area contributed by atoms with Gasteiger partial charge in [-0.25, -0.2) is 4.79 Å². The number of hydrogen-bond donors (Lipinski definition) is 2. The fourth-order valence-electron chi connectivity index (χ4n) is 1.43. The number of aliphatic hydroxyl groups is 1. The van der Waals surface area contributed by atoms with Gasteiger partial charge in [0.15, 0.2) is 6.10 Å². The number of ketones is 1. The Kier molecular flexibility index (Phi) is 5.11. The fourth-order valence-corrected chi connectivity index (χ4v) is 1.92. The Morgan fingerprint density at radius 3 is 2.59 bits per heavy atom. The Balaban J connectivity index is 3.17. The normalized spacial score (nSPS) is 12.2. The molecule has 4 nitrogen and oxygen atoms in total. The predicted octanol–water partition coefficient (Wildman–Crippen LogP) is 1.96. The van der Waals surface area contributed by atoms with E-state index in [0.29, 0.717) is 5.56 Å². The van der Waals surface area contributed by atoms with Crippen LogP contribution in [0, 0.1) is 0 Å². The Morgan fingerprint density at radius 1 is 1.41 bits per heavy atom. The third-order valence-electron chi connectivity index (χ3n) is 2.19. The maximum atomic E-state index is 11.3. The van der Waals surface area contributed by atoms with Crippen LogP contribution in [0.4, 0.5) is 0 Å². The number of carboxylic acids is 1. The number of hydrogen-bond acceptors (Lipinski definition) is 3. The highest BCUT2D eigenvalue weighted by atomic mass is 79.9. The lowest BCUT2D eigenvalue weighted by atomic mass is 9.98. The van der Waals surface area contributed by atoms with Crippen LogP contribution >= 0.6 is 27.5 Å². The summed E-state index contributed by atoms with van der Waals surface area (Å²) < 4.78 is 0. The van der Waals surface area contributed by atoms with E-state index in [1.807, 2.05) is 0 Å². The average Bonchev–Trinajstić information content (AvgIpc) is 2.28. The van der Waals surface area contributed by atoms with Crippen molar-refractivity contribution in [2.24, 2.45) is 0 Å². The predicted molar refractivity (Wildman–Crippen MR) is 66.6 cm³/mol. The summed E-state index contributed by atoms with van der Waals surface area (Å²) in [5.41, 5.74) is 0.507. The Hall–Kier alpha value is -0.910. The lowest BCUT2D eigenvalue weighted by molar-refractivity contribution is -0.147. The SMILES string of the molecule is O=C(CBr)Cc1cccc(Cl)c1C(O)C(=O)O. The Labute approximate surface area is 111 Å². The molecule has 0 fully saturated rings. The summed E-state index contributed by atoms with van der Waals surface area (Å²) in [7, 11) is 0. The first-order chi connectivity index (χ1) is 7.97. The molecule has 0 heterocycles. The van der Waals surface area contributed by atoms with Gasteiger partial charge in [-0.1, -0.05) is 39.7 Å². The van der Waals surface area contributed by atoms with Crippen molar-refractivity contribution >= 4 is 39.3 Å². The summed E-state index contributed by atoms with van der Waals surface area (Å²) in [6.45, 7) is 0. The summed E-state index contributed by atoms with van der Waals surface area (Å²) in [5.74, 6) is -1.52. The van der Waals surface area contributed by atoms with E-state index in [0.717, 1.165) is 0 Å². The molecular weight excluding hydrogens is 311 g/mol. The van der Waals surface area contributed by atoms with Crippen LogP contribution in [0.5, 0.6) is 0 Å². The van der Waals surface area contributed by atoms with Crippen molar-refractivity contribution in [3.63, 3.8) is 0 Å². The molecule has 0 aliphatic carbocycles. The molecular formula is C11H10BrClO4. The standard InChI is InChI=1S/C11H10BrClO4/c12-5-7(14)4-6-2-1-3-8(13)9(6)10(15)11(16)17/h1-3,10,15H,4-5H2,(H,16,17). The smallest absolute Gasteiger partial charge is 0.337 e. The number of carbonyl (C=O) groups is 2. The summed E-state index contributed by atoms with van der Waals surface area (Å²) in [6, 6.07) is 4.66. The monoisotopic (exact) mass is 320 g/mol. The number of carboxylic acid groups (broad SMARTS) is 1. The molecule has 0 aliphatic heterocycles. The highest BCUT2D eigenvalue weighted by Gasteiger charge is 2.23. The van der Waals surface area contributed by atoms with Crippen LogP contribution in [0.2, 0.25) is 5.02 Å². The van der Waals surface area contributed by atoms with Gasteiger partial charge >= 0.3 is 5.97 Å². The van der Waals surface area contributed by atoms with Crippen LogP contribution in [0.25, 0.3) is 0 Å². The van der Waals surface area contributed by atoms with E-state index in [2.05, 4.69) is 15.9 Å². The molecule has 0 radical (unpaired) electrons. The van der Waals surface area contributed by atoms with Gasteiger partial charge in [-0.15, -0.1) is 0 Å². The van der Waals surface area contributed by atoms with Gasteiger partial charge in [0.2, 0.25) is 0 Å². The number of aliphatic carboxylic acids is 1. The quantitative estimate of drug-likeness (QED) is 0.813. The molecule has 1 rings (SSSR count). The summed E-state index contributed by atoms with van der Waals surface area (Å²) >= 11 is 8.87. The topological polar surface area (TPSA) is 74.6 Å². The third kappa shape index (κ3) is 3.52. The molecule has 1 unspecified atom stereocenters. The van der Waals surface area contributed by atoms with Crippen LogP contribution in [-0.4, -0.2) is 27.3 Å². The Morgan fingerprint density at radius 2 is 2.06 bits per heavy atom. The van der Waals surface area contributed by atoms with Crippen molar-refractivity contribution < 1.29 is 19.8 Å². The molecule has 2 N–H and O–H groups in total. The molecule has 1 aromatic rings. The molecule has 0 saturated heterocycles. The molecule has 1 atom stereocenters. The van der Waals surface area contributed by atoms with Crippen molar-refractivity contribution in [1.29, 1.82) is 0 Å². The van der Waals surface area contributed by atoms with Crippen LogP contribution in [-0.2, 0) is 16.0 Å². The van der Waals surface area contributed by atoms with Crippen molar-refractivity contribution in [2.75, 3.05) is 5.33 Å². The van der Waals surface area contributed by atoms with E-state index >= 15 is 0 Å². The van der Waals surface area contributed by atoms with Crippen LogP contribution in [0.1, 0.15) is 17.2 Å². The van der Waals surface area contributed by atoms with E-state index < -0.39 is 12.1 Å². The van der Waals surface area contributed by atoms with E-state index in [4.69, 9.17) is 16.7 Å². The summed E-state index contributed by atoms with van der Waals surface area (Å²) in [5, 5.41) is 18.6. The molecule has 17 heavy (non-hydrogen) atoms. The van der Waals surface area contributed by atoms with Crippen molar-refractivity contribution in [3.05, 3.63) is 34.3 Å². The zero-order valence-corrected chi connectivity index (χ0v) is 11.0. The number of benzene rings is 1. The largest absolute Gasteiger partial charge is 0.479 e. The number of halogens is 2.